The molecule has 0 bridgehead atoms. The van der Waals surface area contributed by atoms with Crippen molar-refractivity contribution in [3.63, 3.8) is 0 Å². The number of para-hydroxylation sites is 2. The molecule has 7 nitrogen and oxygen atoms in total. The van der Waals surface area contributed by atoms with E-state index in [4.69, 9.17) is 9.73 Å². The number of nitrogens with one attached hydrogen (secondary N) is 1. The van der Waals surface area contributed by atoms with Crippen molar-refractivity contribution in [2.75, 3.05) is 57.0 Å². The lowest BCUT2D eigenvalue weighted by Crippen LogP contribution is -2.57. The molecule has 2 saturated heterocycles. The summed E-state index contributed by atoms with van der Waals surface area (Å²) in [6.07, 6.45) is 1.08. The normalized spacial score (nSPS) is 23.9. The summed E-state index contributed by atoms with van der Waals surface area (Å²) in [5.41, 5.74) is 1.14. The second kappa shape index (κ2) is 8.81. The van der Waals surface area contributed by atoms with Crippen molar-refractivity contribution in [1.29, 1.82) is 0 Å². The minimum absolute atomic E-state index is 0.176. The summed E-state index contributed by atoms with van der Waals surface area (Å²) in [5.74, 6) is 2.37. The Balaban J connectivity index is 1.66. The van der Waals surface area contributed by atoms with Crippen molar-refractivity contribution >= 4 is 21.5 Å². The van der Waals surface area contributed by atoms with Gasteiger partial charge in [-0.2, -0.15) is 0 Å². The molecule has 2 aliphatic rings. The Morgan fingerprint density at radius 3 is 2.76 bits per heavy atom. The molecule has 1 unspecified atom stereocenters. The lowest BCUT2D eigenvalue weighted by Gasteiger charge is -2.39. The molecule has 1 atom stereocenters. The topological polar surface area (TPSA) is 74.2 Å². The Hall–Kier alpha value is -1.96. The standard InChI is InChI=1S/C21H34N4O3S/c1-5-22-20(25-12-13-29(26,27)21(2,3)16-25)23-14-17-10-11-24(15-17)18-8-6-7-9-19(18)28-4/h6-9,17H,5,10-16H2,1-4H3,(H,22,23). The van der Waals surface area contributed by atoms with Gasteiger partial charge in [-0.15, -0.1) is 0 Å². The molecule has 1 aromatic rings. The molecular formula is C21H34N4O3S. The second-order valence-corrected chi connectivity index (χ2v) is 11.2. The van der Waals surface area contributed by atoms with Crippen LogP contribution in [0, 0.1) is 5.92 Å². The number of ether oxygens (including phenoxy) is 1. The molecule has 8 heteroatoms. The van der Waals surface area contributed by atoms with Gasteiger partial charge in [0.15, 0.2) is 15.8 Å². The molecule has 0 aromatic heterocycles. The number of anilines is 1. The molecule has 2 heterocycles. The lowest BCUT2D eigenvalue weighted by molar-refractivity contribution is 0.352. The van der Waals surface area contributed by atoms with Crippen LogP contribution in [0.5, 0.6) is 5.75 Å². The van der Waals surface area contributed by atoms with Gasteiger partial charge in [0.1, 0.15) is 5.75 Å². The molecular weight excluding hydrogens is 388 g/mol. The van der Waals surface area contributed by atoms with Crippen LogP contribution in [-0.2, 0) is 9.84 Å². The van der Waals surface area contributed by atoms with Crippen LogP contribution >= 0.6 is 0 Å². The first-order valence-electron chi connectivity index (χ1n) is 10.4. The first-order chi connectivity index (χ1) is 13.8. The number of methoxy groups -OCH3 is 1. The molecule has 29 heavy (non-hydrogen) atoms. The summed E-state index contributed by atoms with van der Waals surface area (Å²) in [5, 5.41) is 3.35. The minimum Gasteiger partial charge on any atom is -0.495 e. The van der Waals surface area contributed by atoms with Gasteiger partial charge in [-0.3, -0.25) is 4.99 Å². The average molecular weight is 423 g/mol. The monoisotopic (exact) mass is 422 g/mol. The quantitative estimate of drug-likeness (QED) is 0.578. The molecule has 3 rings (SSSR count). The predicted molar refractivity (Wildman–Crippen MR) is 119 cm³/mol. The van der Waals surface area contributed by atoms with Crippen LogP contribution in [0.15, 0.2) is 29.3 Å². The van der Waals surface area contributed by atoms with Gasteiger partial charge in [0.2, 0.25) is 0 Å². The highest BCUT2D eigenvalue weighted by molar-refractivity contribution is 7.92. The number of aliphatic imine (C=N–C) groups is 1. The van der Waals surface area contributed by atoms with Gasteiger partial charge in [0.25, 0.3) is 0 Å². The Bertz CT molecular complexity index is 838. The van der Waals surface area contributed by atoms with Crippen LogP contribution < -0.4 is 15.0 Å². The Labute approximate surface area is 175 Å². The van der Waals surface area contributed by atoms with Crippen molar-refractivity contribution < 1.29 is 13.2 Å². The number of rotatable bonds is 5. The molecule has 162 valence electrons. The van der Waals surface area contributed by atoms with Gasteiger partial charge in [0, 0.05) is 39.3 Å². The van der Waals surface area contributed by atoms with E-state index in [1.165, 1.54) is 0 Å². The molecule has 1 N–H and O–H groups in total. The summed E-state index contributed by atoms with van der Waals surface area (Å²) in [7, 11) is -1.35. The highest BCUT2D eigenvalue weighted by atomic mass is 32.2. The first kappa shape index (κ1) is 21.7. The molecule has 0 amide bonds. The highest BCUT2D eigenvalue weighted by Gasteiger charge is 2.41. The molecule has 0 radical (unpaired) electrons. The zero-order valence-corrected chi connectivity index (χ0v) is 18.8. The van der Waals surface area contributed by atoms with Gasteiger partial charge in [-0.1, -0.05) is 12.1 Å². The van der Waals surface area contributed by atoms with Crippen molar-refractivity contribution in [3.05, 3.63) is 24.3 Å². The average Bonchev–Trinajstić information content (AvgIpc) is 3.16. The predicted octanol–water partition coefficient (Wildman–Crippen LogP) is 2.00. The highest BCUT2D eigenvalue weighted by Crippen LogP contribution is 2.32. The first-order valence-corrected chi connectivity index (χ1v) is 12.1. The SMILES string of the molecule is CCNC(=NCC1CCN(c2ccccc2OC)C1)N1CCS(=O)(=O)C(C)(C)C1. The maximum atomic E-state index is 12.3. The van der Waals surface area contributed by atoms with E-state index in [0.29, 0.717) is 19.0 Å². The molecule has 2 fully saturated rings. The van der Waals surface area contributed by atoms with Gasteiger partial charge in [0.05, 0.1) is 23.3 Å². The maximum Gasteiger partial charge on any atom is 0.194 e. The van der Waals surface area contributed by atoms with Gasteiger partial charge in [-0.25, -0.2) is 8.42 Å². The number of hydrogen-bond donors (Lipinski definition) is 1. The number of benzene rings is 1. The molecule has 2 aliphatic heterocycles. The Morgan fingerprint density at radius 2 is 2.07 bits per heavy atom. The summed E-state index contributed by atoms with van der Waals surface area (Å²) in [6, 6.07) is 8.13. The van der Waals surface area contributed by atoms with Crippen molar-refractivity contribution in [2.45, 2.75) is 31.9 Å². The van der Waals surface area contributed by atoms with Gasteiger partial charge < -0.3 is 19.9 Å². The third kappa shape index (κ3) is 4.79. The number of sulfone groups is 1. The van der Waals surface area contributed by atoms with E-state index in [1.807, 2.05) is 25.1 Å². The fraction of sp³-hybridized carbons (Fsp3) is 0.667. The van der Waals surface area contributed by atoms with E-state index in [2.05, 4.69) is 21.2 Å². The number of hydrogen-bond acceptors (Lipinski definition) is 5. The van der Waals surface area contributed by atoms with Crippen LogP contribution in [0.4, 0.5) is 5.69 Å². The van der Waals surface area contributed by atoms with Crippen molar-refractivity contribution in [3.8, 4) is 5.75 Å². The third-order valence-electron chi connectivity index (χ3n) is 5.89. The van der Waals surface area contributed by atoms with Crippen molar-refractivity contribution in [1.82, 2.24) is 10.2 Å². The van der Waals surface area contributed by atoms with Crippen molar-refractivity contribution in [2.24, 2.45) is 10.9 Å². The van der Waals surface area contributed by atoms with Crippen LogP contribution in [0.2, 0.25) is 0 Å². The molecule has 1 aromatic carbocycles. The van der Waals surface area contributed by atoms with Crippen LogP contribution in [0.1, 0.15) is 27.2 Å². The second-order valence-electron chi connectivity index (χ2n) is 8.47. The van der Waals surface area contributed by atoms with Gasteiger partial charge >= 0.3 is 0 Å². The zero-order chi connectivity index (χ0) is 21.1. The zero-order valence-electron chi connectivity index (χ0n) is 18.0. The number of nitrogens with zero attached hydrogens (tertiary/aromatic N) is 3. The van der Waals surface area contributed by atoms with Crippen LogP contribution in [-0.4, -0.2) is 76.2 Å². The van der Waals surface area contributed by atoms with Crippen LogP contribution in [0.3, 0.4) is 0 Å². The smallest absolute Gasteiger partial charge is 0.194 e. The molecule has 0 saturated carbocycles. The molecule has 0 aliphatic carbocycles. The Kier molecular flexibility index (Phi) is 6.61. The minimum atomic E-state index is -3.06. The van der Waals surface area contributed by atoms with Crippen LogP contribution in [0.25, 0.3) is 0 Å². The van der Waals surface area contributed by atoms with E-state index in [1.54, 1.807) is 21.0 Å². The summed E-state index contributed by atoms with van der Waals surface area (Å²) in [4.78, 5) is 9.34. The fourth-order valence-corrected chi connectivity index (χ4v) is 5.42. The van der Waals surface area contributed by atoms with E-state index >= 15 is 0 Å². The lowest BCUT2D eigenvalue weighted by atomic mass is 10.1. The largest absolute Gasteiger partial charge is 0.495 e. The summed E-state index contributed by atoms with van der Waals surface area (Å²) < 4.78 is 29.4. The molecule has 0 spiro atoms. The summed E-state index contributed by atoms with van der Waals surface area (Å²) in [6.45, 7) is 10.1. The third-order valence-corrected chi connectivity index (χ3v) is 8.42. The Morgan fingerprint density at radius 1 is 1.31 bits per heavy atom. The maximum absolute atomic E-state index is 12.3. The van der Waals surface area contributed by atoms with E-state index in [0.717, 1.165) is 50.0 Å². The van der Waals surface area contributed by atoms with Gasteiger partial charge in [-0.05, 0) is 45.2 Å². The fourth-order valence-electron chi connectivity index (χ4n) is 4.06. The van der Waals surface area contributed by atoms with E-state index in [-0.39, 0.29) is 5.75 Å². The van der Waals surface area contributed by atoms with E-state index < -0.39 is 14.6 Å². The number of guanidine groups is 1. The van der Waals surface area contributed by atoms with E-state index in [9.17, 15) is 8.42 Å². The summed E-state index contributed by atoms with van der Waals surface area (Å²) >= 11 is 0.